The molecule has 2 aliphatic rings. The van der Waals surface area contributed by atoms with Gasteiger partial charge in [-0.05, 0) is 67.8 Å². The Morgan fingerprint density at radius 3 is 2.13 bits per heavy atom. The Labute approximate surface area is 271 Å². The molecule has 46 heavy (non-hydrogen) atoms. The fourth-order valence-corrected chi connectivity index (χ4v) is 6.10. The van der Waals surface area contributed by atoms with Crippen LogP contribution in [0.15, 0.2) is 48.5 Å². The van der Waals surface area contributed by atoms with Gasteiger partial charge < -0.3 is 16.0 Å². The number of hydrogen-bond donors (Lipinski definition) is 3. The maximum Gasteiger partial charge on any atom is 0.419 e. The van der Waals surface area contributed by atoms with Gasteiger partial charge in [0.05, 0.1) is 27.8 Å². The van der Waals surface area contributed by atoms with Crippen molar-refractivity contribution in [2.24, 2.45) is 11.3 Å². The van der Waals surface area contributed by atoms with Crippen molar-refractivity contribution < 1.29 is 45.5 Å². The molecule has 5 rings (SSSR count). The maximum atomic E-state index is 15.2. The normalized spacial score (nSPS) is 19.2. The zero-order valence-corrected chi connectivity index (χ0v) is 25.5. The third kappa shape index (κ3) is 6.15. The highest BCUT2D eigenvalue weighted by Gasteiger charge is 2.67. The highest BCUT2D eigenvalue weighted by atomic mass is 35.5. The van der Waals surface area contributed by atoms with Gasteiger partial charge in [-0.2, -0.15) is 13.2 Å². The minimum Gasteiger partial charge on any atom is -0.326 e. The van der Waals surface area contributed by atoms with Crippen LogP contribution in [0.2, 0.25) is 5.02 Å². The van der Waals surface area contributed by atoms with E-state index in [1.165, 1.54) is 19.1 Å². The van der Waals surface area contributed by atoms with Crippen molar-refractivity contribution in [2.45, 2.75) is 36.2 Å². The number of amides is 3. The number of rotatable bonds is 8. The molecule has 3 aromatic carbocycles. The first kappa shape index (κ1) is 33.6. The predicted octanol–water partition coefficient (Wildman–Crippen LogP) is 7.86. The van der Waals surface area contributed by atoms with Gasteiger partial charge in [-0.1, -0.05) is 17.7 Å². The molecule has 0 heterocycles. The van der Waals surface area contributed by atoms with Crippen LogP contribution in [0.25, 0.3) is 0 Å². The SMILES string of the molecule is CC(=O)C1(C(=O)Nc2c(F)ccc(NC(=O)c3cc(NC(=O)[C@H]4[C@H](c5ccc(F)c(C(F)(F)F)c5)C4(Cl)Cl)ccc3Cl)c2F)CC1. The van der Waals surface area contributed by atoms with Gasteiger partial charge in [0.15, 0.2) is 5.82 Å². The van der Waals surface area contributed by atoms with Gasteiger partial charge in [0.25, 0.3) is 5.91 Å². The van der Waals surface area contributed by atoms with Crippen molar-refractivity contribution >= 4 is 75.4 Å². The molecule has 16 heteroatoms. The molecular formula is C30H20Cl3F6N3O4. The number of halogens is 9. The lowest BCUT2D eigenvalue weighted by molar-refractivity contribution is -0.140. The summed E-state index contributed by atoms with van der Waals surface area (Å²) in [6.45, 7) is 1.19. The third-order valence-corrected chi connectivity index (χ3v) is 9.18. The molecule has 0 aromatic heterocycles. The number of carbonyl (C=O) groups excluding carboxylic acids is 4. The van der Waals surface area contributed by atoms with E-state index >= 15 is 4.39 Å². The van der Waals surface area contributed by atoms with Gasteiger partial charge in [0.1, 0.15) is 32.9 Å². The summed E-state index contributed by atoms with van der Waals surface area (Å²) in [7, 11) is 0. The highest BCUT2D eigenvalue weighted by molar-refractivity contribution is 6.53. The second kappa shape index (κ2) is 11.8. The first-order chi connectivity index (χ1) is 21.4. The minimum absolute atomic E-state index is 0.0316. The molecule has 2 fully saturated rings. The molecule has 3 aromatic rings. The first-order valence-corrected chi connectivity index (χ1v) is 14.5. The third-order valence-electron chi connectivity index (χ3n) is 7.91. The molecule has 0 unspecified atom stereocenters. The van der Waals surface area contributed by atoms with Gasteiger partial charge >= 0.3 is 6.18 Å². The summed E-state index contributed by atoms with van der Waals surface area (Å²) in [6, 6.07) is 7.43. The Kier molecular flexibility index (Phi) is 8.58. The summed E-state index contributed by atoms with van der Waals surface area (Å²) in [6.07, 6.45) is -4.55. The van der Waals surface area contributed by atoms with Crippen LogP contribution in [0.4, 0.5) is 43.4 Å². The second-order valence-electron chi connectivity index (χ2n) is 10.9. The molecule has 2 atom stereocenters. The van der Waals surface area contributed by atoms with Crippen LogP contribution in [0.3, 0.4) is 0 Å². The van der Waals surface area contributed by atoms with Crippen molar-refractivity contribution in [3.8, 4) is 0 Å². The van der Waals surface area contributed by atoms with E-state index in [1.54, 1.807) is 0 Å². The van der Waals surface area contributed by atoms with E-state index < -0.39 is 85.7 Å². The Morgan fingerprint density at radius 2 is 1.52 bits per heavy atom. The molecule has 3 amide bonds. The average molecular weight is 707 g/mol. The number of benzene rings is 3. The highest BCUT2D eigenvalue weighted by Crippen LogP contribution is 2.65. The minimum atomic E-state index is -5.00. The van der Waals surface area contributed by atoms with E-state index in [0.29, 0.717) is 12.1 Å². The Hall–Kier alpha value is -3.81. The average Bonchev–Trinajstić information content (AvgIpc) is 3.88. The van der Waals surface area contributed by atoms with Crippen molar-refractivity contribution in [1.29, 1.82) is 0 Å². The van der Waals surface area contributed by atoms with Crippen molar-refractivity contribution in [3.05, 3.63) is 87.7 Å². The molecule has 0 spiro atoms. The van der Waals surface area contributed by atoms with Gasteiger partial charge in [-0.25, -0.2) is 13.2 Å². The first-order valence-electron chi connectivity index (χ1n) is 13.3. The van der Waals surface area contributed by atoms with Crippen LogP contribution in [0.1, 0.15) is 47.2 Å². The molecule has 0 radical (unpaired) electrons. The summed E-state index contributed by atoms with van der Waals surface area (Å²) in [5.74, 6) is -9.60. The lowest BCUT2D eigenvalue weighted by Gasteiger charge is -2.15. The summed E-state index contributed by atoms with van der Waals surface area (Å²) in [5, 5.41) is 6.57. The van der Waals surface area contributed by atoms with E-state index in [1.807, 2.05) is 0 Å². The van der Waals surface area contributed by atoms with E-state index in [-0.39, 0.29) is 34.7 Å². The topological polar surface area (TPSA) is 104 Å². The Morgan fingerprint density at radius 1 is 0.870 bits per heavy atom. The van der Waals surface area contributed by atoms with Crippen LogP contribution in [0, 0.1) is 28.8 Å². The van der Waals surface area contributed by atoms with E-state index in [9.17, 15) is 41.1 Å². The van der Waals surface area contributed by atoms with Crippen LogP contribution in [-0.4, -0.2) is 27.8 Å². The summed E-state index contributed by atoms with van der Waals surface area (Å²) in [4.78, 5) is 50.5. The number of carbonyl (C=O) groups is 4. The molecular weight excluding hydrogens is 687 g/mol. The van der Waals surface area contributed by atoms with Crippen LogP contribution < -0.4 is 16.0 Å². The molecule has 0 bridgehead atoms. The lowest BCUT2D eigenvalue weighted by atomic mass is 10.0. The van der Waals surface area contributed by atoms with Gasteiger partial charge in [0.2, 0.25) is 11.8 Å². The number of anilines is 3. The molecule has 0 aliphatic heterocycles. The standard InChI is InChI=1S/C30H20Cl3F6N3O4/c1-12(43)28(8-9-28)27(46)42-24-19(35)6-7-20(23(24)36)41-25(44)15-11-14(3-4-17(15)31)40-26(45)22-21(29(22,32)33)13-2-5-18(34)16(10-13)30(37,38)39/h2-7,10-11,21-22H,8-9H2,1H3,(H,40,45)(H,41,44)(H,42,46)/t21-,22+/m0/s1. The van der Waals surface area contributed by atoms with Gasteiger partial charge in [-0.3, -0.25) is 19.2 Å². The van der Waals surface area contributed by atoms with Crippen LogP contribution in [0.5, 0.6) is 0 Å². The summed E-state index contributed by atoms with van der Waals surface area (Å²) < 4.78 is 81.2. The summed E-state index contributed by atoms with van der Waals surface area (Å²) in [5.41, 5.74) is -4.79. The van der Waals surface area contributed by atoms with Gasteiger partial charge in [-0.15, -0.1) is 23.2 Å². The predicted molar refractivity (Wildman–Crippen MR) is 157 cm³/mol. The number of ketones is 1. The Bertz CT molecular complexity index is 1810. The number of hydrogen-bond acceptors (Lipinski definition) is 4. The molecule has 3 N–H and O–H groups in total. The van der Waals surface area contributed by atoms with E-state index in [4.69, 9.17) is 34.8 Å². The number of Topliss-reactive ketones (excluding diaryl/α,β-unsaturated/α-hetero) is 1. The van der Waals surface area contributed by atoms with Crippen molar-refractivity contribution in [3.63, 3.8) is 0 Å². The molecule has 2 aliphatic carbocycles. The quantitative estimate of drug-likeness (QED) is 0.126. The Balaban J connectivity index is 1.32. The smallest absolute Gasteiger partial charge is 0.326 e. The zero-order valence-electron chi connectivity index (χ0n) is 23.2. The molecule has 0 saturated heterocycles. The summed E-state index contributed by atoms with van der Waals surface area (Å²) >= 11 is 18.6. The monoisotopic (exact) mass is 705 g/mol. The zero-order chi connectivity index (χ0) is 33.9. The number of nitrogens with one attached hydrogen (secondary N) is 3. The fourth-order valence-electron chi connectivity index (χ4n) is 5.07. The van der Waals surface area contributed by atoms with E-state index in [0.717, 1.165) is 24.3 Å². The number of alkyl halides is 5. The largest absolute Gasteiger partial charge is 0.419 e. The van der Waals surface area contributed by atoms with Crippen molar-refractivity contribution in [1.82, 2.24) is 0 Å². The lowest BCUT2D eigenvalue weighted by Crippen LogP contribution is -2.30. The fraction of sp³-hybridized carbons (Fsp3) is 0.267. The van der Waals surface area contributed by atoms with E-state index in [2.05, 4.69) is 16.0 Å². The second-order valence-corrected chi connectivity index (χ2v) is 12.7. The molecule has 2 saturated carbocycles. The maximum absolute atomic E-state index is 15.2. The van der Waals surface area contributed by atoms with Crippen molar-refractivity contribution in [2.75, 3.05) is 16.0 Å². The molecule has 7 nitrogen and oxygen atoms in total. The van der Waals surface area contributed by atoms with Gasteiger partial charge in [0, 0.05) is 11.6 Å². The van der Waals surface area contributed by atoms with Crippen LogP contribution >= 0.6 is 34.8 Å². The van der Waals surface area contributed by atoms with Crippen LogP contribution in [-0.2, 0) is 20.6 Å². The molecule has 242 valence electrons.